The van der Waals surface area contributed by atoms with Gasteiger partial charge in [-0.2, -0.15) is 0 Å². The molecule has 204 valence electrons. The largest absolute Gasteiger partial charge is 0.463 e. The number of fused-ring (bicyclic) bond motifs is 1. The van der Waals surface area contributed by atoms with Crippen LogP contribution in [-0.4, -0.2) is 46.2 Å². The van der Waals surface area contributed by atoms with Gasteiger partial charge >= 0.3 is 5.97 Å². The van der Waals surface area contributed by atoms with E-state index >= 15 is 0 Å². The predicted octanol–water partition coefficient (Wildman–Crippen LogP) is 5.58. The summed E-state index contributed by atoms with van der Waals surface area (Å²) >= 11 is 0. The minimum absolute atomic E-state index is 0.223. The highest BCUT2D eigenvalue weighted by atomic mass is 16.5. The second-order valence-corrected chi connectivity index (χ2v) is 12.2. The molecule has 4 saturated carbocycles. The van der Waals surface area contributed by atoms with Crippen molar-refractivity contribution in [3.63, 3.8) is 0 Å². The first-order valence-corrected chi connectivity index (χ1v) is 14.3. The second kappa shape index (κ2) is 11.4. The molecule has 0 amide bonds. The molecule has 4 fully saturated rings. The van der Waals surface area contributed by atoms with Crippen molar-refractivity contribution in [1.29, 1.82) is 0 Å². The summed E-state index contributed by atoms with van der Waals surface area (Å²) in [6, 6.07) is 0. The van der Waals surface area contributed by atoms with Crippen LogP contribution in [0, 0.1) is 28.6 Å². The van der Waals surface area contributed by atoms with Crippen LogP contribution >= 0.6 is 0 Å². The lowest BCUT2D eigenvalue weighted by molar-refractivity contribution is -0.137. The summed E-state index contributed by atoms with van der Waals surface area (Å²) in [5, 5.41) is 31.2. The summed E-state index contributed by atoms with van der Waals surface area (Å²) in [5.41, 5.74) is 3.10. The van der Waals surface area contributed by atoms with Crippen LogP contribution in [0.4, 0.5) is 0 Å². The summed E-state index contributed by atoms with van der Waals surface area (Å²) in [6.07, 6.45) is 18.6. The van der Waals surface area contributed by atoms with Crippen LogP contribution in [0.5, 0.6) is 0 Å². The summed E-state index contributed by atoms with van der Waals surface area (Å²) in [7, 11) is 0. The highest BCUT2D eigenvalue weighted by molar-refractivity contribution is 5.82. The smallest absolute Gasteiger partial charge is 0.330 e. The van der Waals surface area contributed by atoms with Gasteiger partial charge in [-0.15, -0.1) is 0 Å². The van der Waals surface area contributed by atoms with Crippen molar-refractivity contribution in [2.45, 2.75) is 96.9 Å². The Labute approximate surface area is 222 Å². The van der Waals surface area contributed by atoms with Gasteiger partial charge in [0, 0.05) is 17.9 Å². The summed E-state index contributed by atoms with van der Waals surface area (Å²) in [6.45, 7) is 10.9. The SMILES string of the molecule is C=C1/C(=C\C=C2/CCC[C@]3(C)[C@@H]([C@H](C)/C=C/[C@H](O)C4(/C=C/C(=O)OCC)CC4)CC[C@@H]23)C[C@@H](O)C[C@@H]1O. The van der Waals surface area contributed by atoms with Gasteiger partial charge in [-0.25, -0.2) is 4.79 Å². The quantitative estimate of drug-likeness (QED) is 0.225. The third kappa shape index (κ3) is 6.05. The molecule has 0 heterocycles. The fourth-order valence-electron chi connectivity index (χ4n) is 7.34. The Balaban J connectivity index is 1.43. The topological polar surface area (TPSA) is 87.0 Å². The number of hydrogen-bond acceptors (Lipinski definition) is 5. The van der Waals surface area contributed by atoms with E-state index < -0.39 is 18.3 Å². The van der Waals surface area contributed by atoms with E-state index in [0.717, 1.165) is 30.4 Å². The molecule has 37 heavy (non-hydrogen) atoms. The molecule has 4 rings (SSSR count). The molecule has 0 aromatic carbocycles. The molecule has 4 aliphatic rings. The molecule has 0 aliphatic heterocycles. The van der Waals surface area contributed by atoms with Crippen LogP contribution in [0.1, 0.15) is 78.6 Å². The van der Waals surface area contributed by atoms with E-state index in [1.54, 1.807) is 6.92 Å². The Morgan fingerprint density at radius 1 is 1.19 bits per heavy atom. The molecular formula is C32H46O5. The minimum Gasteiger partial charge on any atom is -0.463 e. The third-order valence-electron chi connectivity index (χ3n) is 9.79. The van der Waals surface area contributed by atoms with Crippen molar-refractivity contribution in [2.24, 2.45) is 28.6 Å². The van der Waals surface area contributed by atoms with Crippen molar-refractivity contribution in [1.82, 2.24) is 0 Å². The van der Waals surface area contributed by atoms with Crippen molar-refractivity contribution in [3.8, 4) is 0 Å². The molecule has 0 saturated heterocycles. The fraction of sp³-hybridized carbons (Fsp3) is 0.656. The Hall–Kier alpha value is -1.95. The summed E-state index contributed by atoms with van der Waals surface area (Å²) in [4.78, 5) is 11.7. The minimum atomic E-state index is -0.653. The molecule has 7 atom stereocenters. The van der Waals surface area contributed by atoms with Gasteiger partial charge in [-0.1, -0.05) is 56.4 Å². The highest BCUT2D eigenvalue weighted by Crippen LogP contribution is 2.59. The van der Waals surface area contributed by atoms with Gasteiger partial charge in [0.05, 0.1) is 24.9 Å². The van der Waals surface area contributed by atoms with Crippen LogP contribution in [0.15, 0.2) is 59.8 Å². The predicted molar refractivity (Wildman–Crippen MR) is 146 cm³/mol. The molecule has 0 aromatic rings. The number of hydrogen-bond donors (Lipinski definition) is 3. The lowest BCUT2D eigenvalue weighted by Crippen LogP contribution is -2.35. The van der Waals surface area contributed by atoms with Gasteiger partial charge in [0.1, 0.15) is 0 Å². The molecule has 5 heteroatoms. The lowest BCUT2D eigenvalue weighted by atomic mass is 9.61. The second-order valence-electron chi connectivity index (χ2n) is 12.2. The van der Waals surface area contributed by atoms with Crippen LogP contribution in [0.3, 0.4) is 0 Å². The first-order chi connectivity index (χ1) is 17.6. The number of allylic oxidation sites excluding steroid dienone is 4. The van der Waals surface area contributed by atoms with Gasteiger partial charge < -0.3 is 20.1 Å². The zero-order chi connectivity index (χ0) is 26.8. The van der Waals surface area contributed by atoms with Gasteiger partial charge in [0.2, 0.25) is 0 Å². The first kappa shape index (κ1) is 28.1. The number of aliphatic hydroxyl groups is 3. The summed E-state index contributed by atoms with van der Waals surface area (Å²) < 4.78 is 4.99. The van der Waals surface area contributed by atoms with E-state index in [0.29, 0.717) is 37.2 Å². The van der Waals surface area contributed by atoms with Crippen molar-refractivity contribution < 1.29 is 24.9 Å². The zero-order valence-electron chi connectivity index (χ0n) is 22.9. The third-order valence-corrected chi connectivity index (χ3v) is 9.79. The average Bonchev–Trinajstić information content (AvgIpc) is 3.57. The molecule has 0 radical (unpaired) electrons. The van der Waals surface area contributed by atoms with Gasteiger partial charge in [-0.3, -0.25) is 0 Å². The number of carbonyl (C=O) groups is 1. The maximum absolute atomic E-state index is 11.7. The van der Waals surface area contributed by atoms with Crippen molar-refractivity contribution >= 4 is 5.97 Å². The number of ether oxygens (including phenoxy) is 1. The van der Waals surface area contributed by atoms with Crippen LogP contribution < -0.4 is 0 Å². The van der Waals surface area contributed by atoms with Crippen molar-refractivity contribution in [3.05, 3.63) is 59.8 Å². The van der Waals surface area contributed by atoms with E-state index in [-0.39, 0.29) is 16.8 Å². The van der Waals surface area contributed by atoms with Crippen LogP contribution in [0.25, 0.3) is 0 Å². The highest BCUT2D eigenvalue weighted by Gasteiger charge is 2.50. The number of carbonyl (C=O) groups excluding carboxylic acids is 1. The van der Waals surface area contributed by atoms with Crippen LogP contribution in [-0.2, 0) is 9.53 Å². The fourth-order valence-corrected chi connectivity index (χ4v) is 7.34. The zero-order valence-corrected chi connectivity index (χ0v) is 22.9. The number of rotatable bonds is 8. The van der Waals surface area contributed by atoms with E-state index in [4.69, 9.17) is 4.74 Å². The summed E-state index contributed by atoms with van der Waals surface area (Å²) in [5.74, 6) is 1.10. The molecule has 0 unspecified atom stereocenters. The molecule has 4 aliphatic carbocycles. The lowest BCUT2D eigenvalue weighted by Gasteiger charge is -2.44. The first-order valence-electron chi connectivity index (χ1n) is 14.3. The van der Waals surface area contributed by atoms with Gasteiger partial charge in [0.15, 0.2) is 0 Å². The van der Waals surface area contributed by atoms with E-state index in [9.17, 15) is 20.1 Å². The van der Waals surface area contributed by atoms with Gasteiger partial charge in [-0.05, 0) is 92.6 Å². The maximum atomic E-state index is 11.7. The number of aliphatic hydroxyl groups excluding tert-OH is 3. The molecule has 0 aromatic heterocycles. The Morgan fingerprint density at radius 3 is 2.65 bits per heavy atom. The molecular weight excluding hydrogens is 464 g/mol. The molecule has 0 spiro atoms. The molecule has 5 nitrogen and oxygen atoms in total. The Morgan fingerprint density at radius 2 is 1.95 bits per heavy atom. The Kier molecular flexibility index (Phi) is 8.67. The van der Waals surface area contributed by atoms with Gasteiger partial charge in [0.25, 0.3) is 0 Å². The number of esters is 1. The van der Waals surface area contributed by atoms with E-state index in [1.165, 1.54) is 37.3 Å². The van der Waals surface area contributed by atoms with Crippen LogP contribution in [0.2, 0.25) is 0 Å². The molecule has 0 bridgehead atoms. The standard InChI is InChI=1S/C32H46O5/c1-5-37-30(36)14-16-32(17-18-32)29(35)13-8-21(2)26-11-12-27-23(7-6-15-31(26,27)4)9-10-24-19-25(33)20-28(34)22(24)3/h8-10,13-14,16,21,25-29,33-35H,3,5-7,11-12,15,17-20H2,1-2,4H3/b13-8+,16-14+,23-9+,24-10-/t21-,25-,26-,27+,28+,29+,31-/m1/s1. The van der Waals surface area contributed by atoms with Crippen molar-refractivity contribution in [2.75, 3.05) is 6.61 Å². The Bertz CT molecular complexity index is 983. The van der Waals surface area contributed by atoms with E-state index in [1.807, 2.05) is 12.2 Å². The average molecular weight is 511 g/mol. The maximum Gasteiger partial charge on any atom is 0.330 e. The van der Waals surface area contributed by atoms with E-state index in [2.05, 4.69) is 38.7 Å². The molecule has 3 N–H and O–H groups in total. The normalized spacial score (nSPS) is 37.3. The monoisotopic (exact) mass is 510 g/mol.